The monoisotopic (exact) mass is 270 g/mol. The summed E-state index contributed by atoms with van der Waals surface area (Å²) in [7, 11) is 0. The molecule has 1 saturated heterocycles. The van der Waals surface area contributed by atoms with Crippen LogP contribution in [0.1, 0.15) is 57.3 Å². The minimum Gasteiger partial charge on any atom is -0.323 e. The zero-order valence-corrected chi connectivity index (χ0v) is 12.1. The maximum Gasteiger partial charge on any atom is 0.130 e. The lowest BCUT2D eigenvalue weighted by Crippen LogP contribution is -2.39. The third-order valence-corrected chi connectivity index (χ3v) is 4.75. The molecule has 20 heavy (non-hydrogen) atoms. The maximum atomic E-state index is 4.98. The SMILES string of the molecule is CCCC1(c2nc3cnccc3n2C2CC2)CCCN1. The van der Waals surface area contributed by atoms with Crippen LogP contribution in [0.5, 0.6) is 0 Å². The van der Waals surface area contributed by atoms with Crippen molar-refractivity contribution in [2.45, 2.75) is 57.0 Å². The van der Waals surface area contributed by atoms with Crippen molar-refractivity contribution in [2.75, 3.05) is 6.54 Å². The van der Waals surface area contributed by atoms with Gasteiger partial charge in [0.2, 0.25) is 0 Å². The molecule has 4 nitrogen and oxygen atoms in total. The van der Waals surface area contributed by atoms with Crippen LogP contribution in [0.2, 0.25) is 0 Å². The van der Waals surface area contributed by atoms with E-state index in [1.165, 1.54) is 49.9 Å². The van der Waals surface area contributed by atoms with Gasteiger partial charge in [0.15, 0.2) is 0 Å². The van der Waals surface area contributed by atoms with Gasteiger partial charge in [0.25, 0.3) is 0 Å². The van der Waals surface area contributed by atoms with Crippen molar-refractivity contribution in [3.05, 3.63) is 24.3 Å². The molecular formula is C16H22N4. The summed E-state index contributed by atoms with van der Waals surface area (Å²) in [6.07, 6.45) is 11.2. The minimum atomic E-state index is 0.0936. The van der Waals surface area contributed by atoms with E-state index in [0.29, 0.717) is 6.04 Å². The van der Waals surface area contributed by atoms with Gasteiger partial charge < -0.3 is 9.88 Å². The van der Waals surface area contributed by atoms with Crippen LogP contribution in [-0.4, -0.2) is 21.1 Å². The van der Waals surface area contributed by atoms with E-state index in [9.17, 15) is 0 Å². The maximum absolute atomic E-state index is 4.98. The largest absolute Gasteiger partial charge is 0.323 e. The third kappa shape index (κ3) is 1.78. The molecule has 1 atom stereocenters. The van der Waals surface area contributed by atoms with Gasteiger partial charge in [-0.05, 0) is 44.7 Å². The van der Waals surface area contributed by atoms with Crippen LogP contribution in [0.25, 0.3) is 11.0 Å². The molecule has 4 heteroatoms. The fourth-order valence-corrected chi connectivity index (χ4v) is 3.74. The second-order valence-electron chi connectivity index (χ2n) is 6.26. The molecule has 2 aliphatic rings. The van der Waals surface area contributed by atoms with E-state index in [4.69, 9.17) is 4.98 Å². The van der Waals surface area contributed by atoms with Crippen molar-refractivity contribution in [2.24, 2.45) is 0 Å². The molecule has 0 aromatic carbocycles. The number of hydrogen-bond donors (Lipinski definition) is 1. The van der Waals surface area contributed by atoms with E-state index in [0.717, 1.165) is 12.1 Å². The van der Waals surface area contributed by atoms with E-state index < -0.39 is 0 Å². The van der Waals surface area contributed by atoms with Gasteiger partial charge in [-0.3, -0.25) is 4.98 Å². The highest BCUT2D eigenvalue weighted by Crippen LogP contribution is 2.44. The molecule has 0 bridgehead atoms. The fraction of sp³-hybridized carbons (Fsp3) is 0.625. The molecule has 4 rings (SSSR count). The first-order valence-electron chi connectivity index (χ1n) is 7.91. The number of pyridine rings is 1. The molecule has 3 heterocycles. The summed E-state index contributed by atoms with van der Waals surface area (Å²) in [6.45, 7) is 3.39. The molecule has 1 aliphatic heterocycles. The molecule has 0 radical (unpaired) electrons. The summed E-state index contributed by atoms with van der Waals surface area (Å²) in [4.78, 5) is 9.23. The van der Waals surface area contributed by atoms with Gasteiger partial charge in [-0.25, -0.2) is 4.98 Å². The Morgan fingerprint density at radius 2 is 2.35 bits per heavy atom. The number of nitrogens with one attached hydrogen (secondary N) is 1. The van der Waals surface area contributed by atoms with Gasteiger partial charge in [0, 0.05) is 12.2 Å². The first kappa shape index (κ1) is 12.3. The van der Waals surface area contributed by atoms with E-state index in [1.54, 1.807) is 0 Å². The number of fused-ring (bicyclic) bond motifs is 1. The van der Waals surface area contributed by atoms with Gasteiger partial charge in [0.1, 0.15) is 11.3 Å². The first-order chi connectivity index (χ1) is 9.84. The smallest absolute Gasteiger partial charge is 0.130 e. The number of aromatic nitrogens is 3. The van der Waals surface area contributed by atoms with Gasteiger partial charge in [-0.2, -0.15) is 0 Å². The van der Waals surface area contributed by atoms with E-state index in [2.05, 4.69) is 27.9 Å². The highest BCUT2D eigenvalue weighted by atomic mass is 15.2. The predicted molar refractivity (Wildman–Crippen MR) is 79.6 cm³/mol. The average molecular weight is 270 g/mol. The molecule has 2 aromatic heterocycles. The quantitative estimate of drug-likeness (QED) is 0.928. The number of rotatable bonds is 4. The molecule has 2 aromatic rings. The molecule has 0 amide bonds. The molecule has 2 fully saturated rings. The Kier molecular flexibility index (Phi) is 2.81. The summed E-state index contributed by atoms with van der Waals surface area (Å²) in [5.41, 5.74) is 2.41. The lowest BCUT2D eigenvalue weighted by atomic mass is 9.90. The topological polar surface area (TPSA) is 42.7 Å². The summed E-state index contributed by atoms with van der Waals surface area (Å²) in [6, 6.07) is 2.78. The van der Waals surface area contributed by atoms with Crippen molar-refractivity contribution in [1.82, 2.24) is 19.9 Å². The Hall–Kier alpha value is -1.42. The molecule has 1 aliphatic carbocycles. The second kappa shape index (κ2) is 4.55. The second-order valence-corrected chi connectivity index (χ2v) is 6.26. The van der Waals surface area contributed by atoms with Crippen LogP contribution < -0.4 is 5.32 Å². The zero-order chi connectivity index (χ0) is 13.6. The van der Waals surface area contributed by atoms with Crippen molar-refractivity contribution >= 4 is 11.0 Å². The van der Waals surface area contributed by atoms with E-state index in [-0.39, 0.29) is 5.54 Å². The minimum absolute atomic E-state index is 0.0936. The predicted octanol–water partition coefficient (Wildman–Crippen LogP) is 3.15. The Morgan fingerprint density at radius 3 is 3.05 bits per heavy atom. The third-order valence-electron chi connectivity index (χ3n) is 4.75. The van der Waals surface area contributed by atoms with Crippen molar-refractivity contribution in [3.63, 3.8) is 0 Å². The van der Waals surface area contributed by atoms with Crippen LogP contribution >= 0.6 is 0 Å². The van der Waals surface area contributed by atoms with Crippen molar-refractivity contribution < 1.29 is 0 Å². The highest BCUT2D eigenvalue weighted by Gasteiger charge is 2.41. The van der Waals surface area contributed by atoms with Crippen LogP contribution in [-0.2, 0) is 5.54 Å². The summed E-state index contributed by atoms with van der Waals surface area (Å²) >= 11 is 0. The van der Waals surface area contributed by atoms with Crippen molar-refractivity contribution in [3.8, 4) is 0 Å². The Bertz CT molecular complexity index is 620. The van der Waals surface area contributed by atoms with Crippen LogP contribution in [0.3, 0.4) is 0 Å². The van der Waals surface area contributed by atoms with Gasteiger partial charge in [-0.15, -0.1) is 0 Å². The Morgan fingerprint density at radius 1 is 1.45 bits per heavy atom. The van der Waals surface area contributed by atoms with Crippen LogP contribution in [0.4, 0.5) is 0 Å². The summed E-state index contributed by atoms with van der Waals surface area (Å²) < 4.78 is 2.50. The van der Waals surface area contributed by atoms with E-state index >= 15 is 0 Å². The molecule has 1 unspecified atom stereocenters. The average Bonchev–Trinajstić information content (AvgIpc) is 3.06. The number of hydrogen-bond acceptors (Lipinski definition) is 3. The van der Waals surface area contributed by atoms with Gasteiger partial charge >= 0.3 is 0 Å². The highest BCUT2D eigenvalue weighted by molar-refractivity contribution is 5.75. The normalized spacial score (nSPS) is 26.4. The molecule has 106 valence electrons. The zero-order valence-electron chi connectivity index (χ0n) is 12.1. The molecule has 0 spiro atoms. The standard InChI is InChI=1S/C16H22N4/c1-2-7-16(8-3-9-18-16)15-19-13-11-17-10-6-14(13)20(15)12-4-5-12/h6,10-12,18H,2-5,7-9H2,1H3. The molecule has 1 N–H and O–H groups in total. The first-order valence-corrected chi connectivity index (χ1v) is 7.91. The van der Waals surface area contributed by atoms with Gasteiger partial charge in [0.05, 0.1) is 17.3 Å². The lowest BCUT2D eigenvalue weighted by molar-refractivity contribution is 0.322. The van der Waals surface area contributed by atoms with Gasteiger partial charge in [-0.1, -0.05) is 13.3 Å². The summed E-state index contributed by atoms with van der Waals surface area (Å²) in [5.74, 6) is 1.27. The summed E-state index contributed by atoms with van der Waals surface area (Å²) in [5, 5.41) is 3.77. The van der Waals surface area contributed by atoms with E-state index in [1.807, 2.05) is 12.4 Å². The van der Waals surface area contributed by atoms with Crippen LogP contribution in [0, 0.1) is 0 Å². The Balaban J connectivity index is 1.91. The fourth-order valence-electron chi connectivity index (χ4n) is 3.74. The number of imidazole rings is 1. The van der Waals surface area contributed by atoms with Crippen LogP contribution in [0.15, 0.2) is 18.5 Å². The Labute approximate surface area is 119 Å². The lowest BCUT2D eigenvalue weighted by Gasteiger charge is -2.29. The molecular weight excluding hydrogens is 248 g/mol. The molecule has 1 saturated carbocycles. The number of nitrogens with zero attached hydrogens (tertiary/aromatic N) is 3. The van der Waals surface area contributed by atoms with Crippen molar-refractivity contribution in [1.29, 1.82) is 0 Å².